The molecule has 0 unspecified atom stereocenters. The van der Waals surface area contributed by atoms with E-state index in [-0.39, 0.29) is 47.2 Å². The summed E-state index contributed by atoms with van der Waals surface area (Å²) < 4.78 is 12.5. The van der Waals surface area contributed by atoms with Crippen molar-refractivity contribution < 1.29 is 24.2 Å². The van der Waals surface area contributed by atoms with Crippen LogP contribution in [0.15, 0.2) is 41.3 Å². The summed E-state index contributed by atoms with van der Waals surface area (Å²) in [7, 11) is 1.46. The molecule has 230 valence electrons. The van der Waals surface area contributed by atoms with Crippen molar-refractivity contribution in [2.24, 2.45) is 0 Å². The van der Waals surface area contributed by atoms with Crippen molar-refractivity contribution in [1.29, 1.82) is 0 Å². The molecule has 13 heteroatoms. The second-order valence-corrected chi connectivity index (χ2v) is 11.4. The number of aromatic nitrogens is 4. The highest BCUT2D eigenvalue weighted by molar-refractivity contribution is 6.34. The molecule has 0 bridgehead atoms. The van der Waals surface area contributed by atoms with Crippen molar-refractivity contribution in [3.8, 4) is 28.4 Å². The number of carbonyl (C=O) groups excluding carboxylic acids is 1. The largest absolute Gasteiger partial charge is 0.493 e. The molecule has 1 saturated heterocycles. The van der Waals surface area contributed by atoms with Crippen LogP contribution in [0.3, 0.4) is 0 Å². The van der Waals surface area contributed by atoms with Crippen LogP contribution >= 0.6 is 11.6 Å². The predicted octanol–water partition coefficient (Wildman–Crippen LogP) is 5.05. The molecule has 44 heavy (non-hydrogen) atoms. The summed E-state index contributed by atoms with van der Waals surface area (Å²) in [5, 5.41) is 10.3. The van der Waals surface area contributed by atoms with Gasteiger partial charge in [-0.05, 0) is 49.6 Å². The molecule has 4 heterocycles. The van der Waals surface area contributed by atoms with Gasteiger partial charge in [0.15, 0.2) is 17.1 Å². The Morgan fingerprint density at radius 2 is 1.91 bits per heavy atom. The molecule has 1 fully saturated rings. The molecule has 0 saturated carbocycles. The number of halogens is 1. The third-order valence-corrected chi connectivity index (χ3v) is 7.88. The van der Waals surface area contributed by atoms with Crippen LogP contribution in [0.25, 0.3) is 28.0 Å². The second-order valence-electron chi connectivity index (χ2n) is 11.0. The Balaban J connectivity index is 1.86. The maximum Gasteiger partial charge on any atom is 0.407 e. The zero-order valence-electron chi connectivity index (χ0n) is 25.3. The Bertz CT molecular complexity index is 1840. The van der Waals surface area contributed by atoms with Gasteiger partial charge in [-0.15, -0.1) is 0 Å². The SMILES string of the molecule is COc1cccc(-c2nc3c(cc2Cl)c(N2CCN(C(=O)O)C[C@@H]2C)nc(=O)n3-c2c(C)ccnc2C(C)C)c1OC(C)=O. The van der Waals surface area contributed by atoms with Gasteiger partial charge in [0.1, 0.15) is 5.82 Å². The first kappa shape index (κ1) is 30.7. The monoisotopic (exact) mass is 620 g/mol. The minimum absolute atomic E-state index is 0.0311. The van der Waals surface area contributed by atoms with E-state index in [1.165, 1.54) is 23.5 Å². The van der Waals surface area contributed by atoms with Gasteiger partial charge in [-0.3, -0.25) is 9.78 Å². The van der Waals surface area contributed by atoms with Gasteiger partial charge in [-0.1, -0.05) is 31.5 Å². The van der Waals surface area contributed by atoms with E-state index in [9.17, 15) is 19.5 Å². The summed E-state index contributed by atoms with van der Waals surface area (Å²) in [5.41, 5.74) is 2.38. The number of ether oxygens (including phenoxy) is 2. The molecule has 1 aromatic carbocycles. The van der Waals surface area contributed by atoms with Crippen molar-refractivity contribution in [3.05, 3.63) is 63.3 Å². The van der Waals surface area contributed by atoms with Crippen molar-refractivity contribution in [1.82, 2.24) is 24.4 Å². The molecule has 0 spiro atoms. The number of methoxy groups -OCH3 is 1. The molecule has 1 amide bonds. The lowest BCUT2D eigenvalue weighted by molar-refractivity contribution is -0.131. The summed E-state index contributed by atoms with van der Waals surface area (Å²) in [6, 6.07) is 8.29. The zero-order chi connectivity index (χ0) is 31.9. The Morgan fingerprint density at radius 1 is 1.16 bits per heavy atom. The van der Waals surface area contributed by atoms with Crippen molar-refractivity contribution in [2.45, 2.75) is 46.6 Å². The lowest BCUT2D eigenvalue weighted by Gasteiger charge is -2.39. The first-order chi connectivity index (χ1) is 20.9. The number of amides is 1. The standard InChI is InChI=1S/C31H33ClN6O6/c1-16(2)24-26(17(3)10-11-33-24)38-29-21(28(35-30(38)40)37-13-12-36(31(41)42)15-18(37)4)14-22(32)25(34-29)20-8-7-9-23(43-6)27(20)44-19(5)39/h7-11,14,16,18H,12-13,15H2,1-6H3,(H,41,42)/t18-/m0/s1. The van der Waals surface area contributed by atoms with Gasteiger partial charge in [0.2, 0.25) is 0 Å². The van der Waals surface area contributed by atoms with Gasteiger partial charge >= 0.3 is 17.8 Å². The highest BCUT2D eigenvalue weighted by Crippen LogP contribution is 2.42. The van der Waals surface area contributed by atoms with Crippen LogP contribution in [-0.2, 0) is 4.79 Å². The third-order valence-electron chi connectivity index (χ3n) is 7.60. The van der Waals surface area contributed by atoms with E-state index in [0.29, 0.717) is 40.4 Å². The average molecular weight is 621 g/mol. The quantitative estimate of drug-likeness (QED) is 0.230. The minimum Gasteiger partial charge on any atom is -0.493 e. The number of rotatable bonds is 6. The zero-order valence-corrected chi connectivity index (χ0v) is 26.0. The maximum absolute atomic E-state index is 14.1. The fraction of sp³-hybridized carbons (Fsp3) is 0.355. The number of carbonyl (C=O) groups is 2. The van der Waals surface area contributed by atoms with Crippen LogP contribution in [0.2, 0.25) is 5.02 Å². The van der Waals surface area contributed by atoms with E-state index in [2.05, 4.69) is 9.97 Å². The fourth-order valence-corrected chi connectivity index (χ4v) is 5.81. The summed E-state index contributed by atoms with van der Waals surface area (Å²) in [4.78, 5) is 55.1. The number of anilines is 1. The lowest BCUT2D eigenvalue weighted by atomic mass is 10.0. The number of pyridine rings is 2. The van der Waals surface area contributed by atoms with Crippen LogP contribution in [0.1, 0.15) is 44.9 Å². The summed E-state index contributed by atoms with van der Waals surface area (Å²) >= 11 is 6.93. The smallest absolute Gasteiger partial charge is 0.407 e. The summed E-state index contributed by atoms with van der Waals surface area (Å²) in [5.74, 6) is 0.199. The number of carboxylic acid groups (broad SMARTS) is 1. The van der Waals surface area contributed by atoms with Crippen molar-refractivity contribution >= 4 is 40.5 Å². The fourth-order valence-electron chi connectivity index (χ4n) is 5.56. The maximum atomic E-state index is 14.1. The number of esters is 1. The van der Waals surface area contributed by atoms with Crippen molar-refractivity contribution in [3.63, 3.8) is 0 Å². The van der Waals surface area contributed by atoms with Gasteiger partial charge in [0.05, 0.1) is 34.6 Å². The highest BCUT2D eigenvalue weighted by atomic mass is 35.5. The van der Waals surface area contributed by atoms with Gasteiger partial charge < -0.3 is 24.4 Å². The number of fused-ring (bicyclic) bond motifs is 1. The van der Waals surface area contributed by atoms with E-state index in [1.807, 2.05) is 38.7 Å². The molecule has 0 radical (unpaired) electrons. The molecular weight excluding hydrogens is 588 g/mol. The van der Waals surface area contributed by atoms with Gasteiger partial charge in [-0.2, -0.15) is 4.98 Å². The molecule has 1 aliphatic rings. The number of aryl methyl sites for hydroxylation is 1. The van der Waals surface area contributed by atoms with Crippen molar-refractivity contribution in [2.75, 3.05) is 31.6 Å². The lowest BCUT2D eigenvalue weighted by Crippen LogP contribution is -2.54. The van der Waals surface area contributed by atoms with Gasteiger partial charge in [-0.25, -0.2) is 19.1 Å². The Labute approximate surface area is 258 Å². The van der Waals surface area contributed by atoms with Crippen LogP contribution in [0, 0.1) is 6.92 Å². The highest BCUT2D eigenvalue weighted by Gasteiger charge is 2.31. The van der Waals surface area contributed by atoms with Crippen LogP contribution in [0.4, 0.5) is 10.6 Å². The number of piperazine rings is 1. The topological polar surface area (TPSA) is 140 Å². The first-order valence-corrected chi connectivity index (χ1v) is 14.5. The summed E-state index contributed by atoms with van der Waals surface area (Å²) in [6.45, 7) is 9.80. The van der Waals surface area contributed by atoms with Gasteiger partial charge in [0, 0.05) is 44.4 Å². The number of hydrogen-bond acceptors (Lipinski definition) is 9. The number of benzene rings is 1. The molecule has 1 atom stereocenters. The Morgan fingerprint density at radius 3 is 2.55 bits per heavy atom. The first-order valence-electron chi connectivity index (χ1n) is 14.1. The minimum atomic E-state index is -1.01. The van der Waals surface area contributed by atoms with E-state index in [4.69, 9.17) is 26.1 Å². The molecule has 3 aromatic heterocycles. The van der Waals surface area contributed by atoms with Crippen LogP contribution < -0.4 is 20.1 Å². The number of para-hydroxylation sites is 1. The predicted molar refractivity (Wildman–Crippen MR) is 166 cm³/mol. The van der Waals surface area contributed by atoms with E-state index < -0.39 is 17.8 Å². The second kappa shape index (κ2) is 12.1. The number of hydrogen-bond donors (Lipinski definition) is 1. The molecule has 1 aliphatic heterocycles. The van der Waals surface area contributed by atoms with Crippen LogP contribution in [-0.4, -0.2) is 74.4 Å². The Kier molecular flexibility index (Phi) is 8.46. The Hall–Kier alpha value is -4.71. The molecule has 0 aliphatic carbocycles. The molecule has 4 aromatic rings. The van der Waals surface area contributed by atoms with E-state index >= 15 is 0 Å². The number of nitrogens with zero attached hydrogens (tertiary/aromatic N) is 6. The third kappa shape index (κ3) is 5.52. The molecule has 12 nitrogen and oxygen atoms in total. The van der Waals surface area contributed by atoms with E-state index in [0.717, 1.165) is 5.56 Å². The normalized spacial score (nSPS) is 15.1. The van der Waals surface area contributed by atoms with Gasteiger partial charge in [0.25, 0.3) is 0 Å². The molecule has 5 rings (SSSR count). The average Bonchev–Trinajstić information content (AvgIpc) is 2.97. The molecular formula is C31H33ClN6O6. The van der Waals surface area contributed by atoms with Crippen LogP contribution in [0.5, 0.6) is 11.5 Å². The van der Waals surface area contributed by atoms with E-state index in [1.54, 1.807) is 30.5 Å². The molecule has 1 N–H and O–H groups in total. The summed E-state index contributed by atoms with van der Waals surface area (Å²) in [6.07, 6.45) is 0.693.